The van der Waals surface area contributed by atoms with Gasteiger partial charge in [0.15, 0.2) is 0 Å². The van der Waals surface area contributed by atoms with Crippen molar-refractivity contribution >= 4 is 34.8 Å². The van der Waals surface area contributed by atoms with Crippen molar-refractivity contribution < 1.29 is 0 Å². The van der Waals surface area contributed by atoms with Crippen molar-refractivity contribution in [3.8, 4) is 0 Å². The largest absolute Gasteiger partial charge is 0.103 e. The predicted octanol–water partition coefficient (Wildman–Crippen LogP) is 4.20. The van der Waals surface area contributed by atoms with Crippen molar-refractivity contribution in [2.45, 2.75) is 6.42 Å². The van der Waals surface area contributed by atoms with Crippen LogP contribution >= 0.6 is 34.8 Å². The zero-order chi connectivity index (χ0) is 8.97. The smallest absolute Gasteiger partial charge is 0.0843 e. The van der Waals surface area contributed by atoms with Gasteiger partial charge in [0.25, 0.3) is 0 Å². The third kappa shape index (κ3) is 3.48. The molecular weight excluding hydrogens is 214 g/mol. The molecule has 0 aliphatic heterocycles. The van der Waals surface area contributed by atoms with Gasteiger partial charge < -0.3 is 0 Å². The van der Waals surface area contributed by atoms with Gasteiger partial charge in [0.1, 0.15) is 4.49 Å². The summed E-state index contributed by atoms with van der Waals surface area (Å²) in [6, 6.07) is 7.56. The van der Waals surface area contributed by atoms with E-state index in [0.717, 1.165) is 17.0 Å². The summed E-state index contributed by atoms with van der Waals surface area (Å²) in [5.74, 6) is 0. The molecular formula is C9H7Cl3. The van der Waals surface area contributed by atoms with Gasteiger partial charge in [-0.25, -0.2) is 0 Å². The van der Waals surface area contributed by atoms with Crippen LogP contribution in [0.25, 0.3) is 0 Å². The van der Waals surface area contributed by atoms with Crippen molar-refractivity contribution in [1.29, 1.82) is 0 Å². The van der Waals surface area contributed by atoms with Crippen LogP contribution in [0, 0.1) is 0 Å². The van der Waals surface area contributed by atoms with Gasteiger partial charge >= 0.3 is 0 Å². The number of allylic oxidation sites excluding steroid dienone is 1. The van der Waals surface area contributed by atoms with Gasteiger partial charge in [-0.1, -0.05) is 46.9 Å². The molecule has 0 spiro atoms. The van der Waals surface area contributed by atoms with Crippen molar-refractivity contribution in [1.82, 2.24) is 0 Å². The van der Waals surface area contributed by atoms with Crippen LogP contribution in [0.15, 0.2) is 34.8 Å². The Labute approximate surface area is 86.7 Å². The van der Waals surface area contributed by atoms with E-state index < -0.39 is 0 Å². The first-order valence-electron chi connectivity index (χ1n) is 3.44. The molecule has 0 amide bonds. The number of benzene rings is 1. The third-order valence-electron chi connectivity index (χ3n) is 1.41. The van der Waals surface area contributed by atoms with Crippen LogP contribution < -0.4 is 0 Å². The highest BCUT2D eigenvalue weighted by Crippen LogP contribution is 2.12. The minimum atomic E-state index is 0.296. The molecule has 0 aliphatic carbocycles. The summed E-state index contributed by atoms with van der Waals surface area (Å²) in [6.45, 7) is 0. The SMILES string of the molecule is ClC(Cl)=CCc1ccc(Cl)cc1. The van der Waals surface area contributed by atoms with E-state index in [1.807, 2.05) is 24.3 Å². The summed E-state index contributed by atoms with van der Waals surface area (Å²) in [7, 11) is 0. The maximum Gasteiger partial charge on any atom is 0.103 e. The standard InChI is InChI=1S/C9H7Cl3/c10-8-4-1-7(2-5-8)3-6-9(11)12/h1-2,4-6H,3H2. The highest BCUT2D eigenvalue weighted by Gasteiger charge is 1.90. The molecule has 0 atom stereocenters. The Morgan fingerprint density at radius 2 is 1.75 bits per heavy atom. The van der Waals surface area contributed by atoms with Crippen LogP contribution in [0.4, 0.5) is 0 Å². The fraction of sp³-hybridized carbons (Fsp3) is 0.111. The van der Waals surface area contributed by atoms with Gasteiger partial charge in [-0.3, -0.25) is 0 Å². The number of hydrogen-bond donors (Lipinski definition) is 0. The predicted molar refractivity (Wildman–Crippen MR) is 54.9 cm³/mol. The molecule has 3 heteroatoms. The zero-order valence-corrected chi connectivity index (χ0v) is 8.50. The van der Waals surface area contributed by atoms with Gasteiger partial charge in [0.2, 0.25) is 0 Å². The van der Waals surface area contributed by atoms with Crippen LogP contribution in [0.1, 0.15) is 5.56 Å². The topological polar surface area (TPSA) is 0 Å². The maximum atomic E-state index is 5.71. The monoisotopic (exact) mass is 220 g/mol. The summed E-state index contributed by atoms with van der Waals surface area (Å²) in [4.78, 5) is 0. The van der Waals surface area contributed by atoms with Gasteiger partial charge in [0, 0.05) is 5.02 Å². The van der Waals surface area contributed by atoms with Crippen LogP contribution in [-0.2, 0) is 6.42 Å². The molecule has 0 fully saturated rings. The second-order valence-electron chi connectivity index (χ2n) is 2.32. The molecule has 12 heavy (non-hydrogen) atoms. The molecule has 0 saturated carbocycles. The minimum Gasteiger partial charge on any atom is -0.0843 e. The molecule has 0 unspecified atom stereocenters. The number of halogens is 3. The molecule has 1 aromatic rings. The molecule has 64 valence electrons. The van der Waals surface area contributed by atoms with E-state index in [-0.39, 0.29) is 0 Å². The quantitative estimate of drug-likeness (QED) is 0.702. The van der Waals surface area contributed by atoms with Crippen molar-refractivity contribution in [2.75, 3.05) is 0 Å². The van der Waals surface area contributed by atoms with Gasteiger partial charge in [-0.15, -0.1) is 0 Å². The molecule has 0 aliphatic rings. The van der Waals surface area contributed by atoms with Gasteiger partial charge in [-0.2, -0.15) is 0 Å². The lowest BCUT2D eigenvalue weighted by Gasteiger charge is -1.95. The molecule has 0 bridgehead atoms. The Balaban J connectivity index is 2.65. The van der Waals surface area contributed by atoms with Gasteiger partial charge in [-0.05, 0) is 30.2 Å². The van der Waals surface area contributed by atoms with Gasteiger partial charge in [0.05, 0.1) is 0 Å². The molecule has 0 saturated heterocycles. The van der Waals surface area contributed by atoms with E-state index in [2.05, 4.69) is 0 Å². The molecule has 0 N–H and O–H groups in total. The van der Waals surface area contributed by atoms with Crippen LogP contribution in [0.2, 0.25) is 5.02 Å². The Kier molecular flexibility index (Phi) is 3.93. The van der Waals surface area contributed by atoms with E-state index in [0.29, 0.717) is 4.49 Å². The lowest BCUT2D eigenvalue weighted by molar-refractivity contribution is 1.27. The number of rotatable bonds is 2. The average Bonchev–Trinajstić information content (AvgIpc) is 2.03. The maximum absolute atomic E-state index is 5.71. The zero-order valence-electron chi connectivity index (χ0n) is 6.23. The van der Waals surface area contributed by atoms with E-state index in [9.17, 15) is 0 Å². The fourth-order valence-corrected chi connectivity index (χ4v) is 1.10. The third-order valence-corrected chi connectivity index (χ3v) is 1.97. The Hall–Kier alpha value is -0.170. The highest BCUT2D eigenvalue weighted by atomic mass is 35.5. The van der Waals surface area contributed by atoms with Crippen LogP contribution in [-0.4, -0.2) is 0 Å². The van der Waals surface area contributed by atoms with E-state index in [1.165, 1.54) is 0 Å². The Morgan fingerprint density at radius 1 is 1.17 bits per heavy atom. The first-order valence-corrected chi connectivity index (χ1v) is 4.57. The fourth-order valence-electron chi connectivity index (χ4n) is 0.815. The lowest BCUT2D eigenvalue weighted by Crippen LogP contribution is -1.79. The molecule has 0 aromatic heterocycles. The van der Waals surface area contributed by atoms with Crippen molar-refractivity contribution in [3.63, 3.8) is 0 Å². The van der Waals surface area contributed by atoms with Crippen LogP contribution in [0.5, 0.6) is 0 Å². The Morgan fingerprint density at radius 3 is 2.25 bits per heavy atom. The molecule has 0 radical (unpaired) electrons. The second-order valence-corrected chi connectivity index (χ2v) is 3.77. The molecule has 0 nitrogen and oxygen atoms in total. The van der Waals surface area contributed by atoms with E-state index >= 15 is 0 Å². The van der Waals surface area contributed by atoms with Crippen LogP contribution in [0.3, 0.4) is 0 Å². The molecule has 1 rings (SSSR count). The molecule has 1 aromatic carbocycles. The van der Waals surface area contributed by atoms with Crippen molar-refractivity contribution in [2.24, 2.45) is 0 Å². The summed E-state index contributed by atoms with van der Waals surface area (Å²) in [5, 5.41) is 0.736. The summed E-state index contributed by atoms with van der Waals surface area (Å²) >= 11 is 16.6. The average molecular weight is 222 g/mol. The van der Waals surface area contributed by atoms with E-state index in [1.54, 1.807) is 6.08 Å². The number of hydrogen-bond acceptors (Lipinski definition) is 0. The highest BCUT2D eigenvalue weighted by molar-refractivity contribution is 6.55. The first-order chi connectivity index (χ1) is 5.68. The summed E-state index contributed by atoms with van der Waals surface area (Å²) in [5.41, 5.74) is 1.14. The van der Waals surface area contributed by atoms with E-state index in [4.69, 9.17) is 34.8 Å². The molecule has 0 heterocycles. The Bertz CT molecular complexity index is 270. The second kappa shape index (κ2) is 4.76. The summed E-state index contributed by atoms with van der Waals surface area (Å²) < 4.78 is 0.296. The first kappa shape index (κ1) is 9.91. The lowest BCUT2D eigenvalue weighted by atomic mass is 10.2. The van der Waals surface area contributed by atoms with Crippen molar-refractivity contribution in [3.05, 3.63) is 45.4 Å². The summed E-state index contributed by atoms with van der Waals surface area (Å²) in [6.07, 6.45) is 2.48. The minimum absolute atomic E-state index is 0.296. The normalized spacial score (nSPS) is 9.58.